The largest absolute Gasteiger partial charge is 0.296 e. The van der Waals surface area contributed by atoms with Crippen molar-refractivity contribution in [3.63, 3.8) is 0 Å². The van der Waals surface area contributed by atoms with Crippen molar-refractivity contribution in [3.8, 4) is 11.3 Å². The number of benzene rings is 1. The third-order valence-corrected chi connectivity index (χ3v) is 3.46. The molecule has 4 heteroatoms. The van der Waals surface area contributed by atoms with Gasteiger partial charge in [-0.2, -0.15) is 0 Å². The number of rotatable bonds is 2. The fraction of sp³-hybridized carbons (Fsp3) is 0.0769. The summed E-state index contributed by atoms with van der Waals surface area (Å²) in [6, 6.07) is 8.03. The summed E-state index contributed by atoms with van der Waals surface area (Å²) in [6.07, 6.45) is 2.74. The minimum atomic E-state index is 0.617. The summed E-state index contributed by atoms with van der Waals surface area (Å²) in [6.45, 7) is 2.03. The Morgan fingerprint density at radius 2 is 2.29 bits per heavy atom. The zero-order chi connectivity index (χ0) is 11.8. The van der Waals surface area contributed by atoms with Crippen LogP contribution in [0.1, 0.15) is 16.1 Å². The number of aromatic nitrogens is 2. The first-order valence-corrected chi connectivity index (χ1v) is 6.15. The molecule has 0 radical (unpaired) electrons. The normalized spacial score (nSPS) is 10.9. The van der Waals surface area contributed by atoms with E-state index >= 15 is 0 Å². The molecular formula is C13H10N2OS. The Balaban J connectivity index is 2.29. The molecule has 0 aliphatic heterocycles. The van der Waals surface area contributed by atoms with Gasteiger partial charge in [0.05, 0.1) is 0 Å². The van der Waals surface area contributed by atoms with Crippen molar-refractivity contribution in [2.24, 2.45) is 0 Å². The molecule has 0 spiro atoms. The second-order valence-corrected chi connectivity index (χ2v) is 4.76. The van der Waals surface area contributed by atoms with Crippen molar-refractivity contribution in [1.29, 1.82) is 0 Å². The Labute approximate surface area is 102 Å². The van der Waals surface area contributed by atoms with Gasteiger partial charge in [-0.05, 0) is 13.0 Å². The highest BCUT2D eigenvalue weighted by Crippen LogP contribution is 2.25. The van der Waals surface area contributed by atoms with E-state index in [-0.39, 0.29) is 0 Å². The highest BCUT2D eigenvalue weighted by Gasteiger charge is 2.13. The van der Waals surface area contributed by atoms with Crippen LogP contribution in [0.3, 0.4) is 0 Å². The summed E-state index contributed by atoms with van der Waals surface area (Å²) >= 11 is 1.53. The number of hydrogen-bond donors (Lipinski definition) is 0. The van der Waals surface area contributed by atoms with Crippen LogP contribution < -0.4 is 0 Å². The van der Waals surface area contributed by atoms with Crippen molar-refractivity contribution in [3.05, 3.63) is 47.1 Å². The molecule has 0 saturated heterocycles. The molecule has 3 aromatic rings. The molecule has 0 N–H and O–H groups in total. The standard InChI is InChI=1S/C13H10N2OS/c1-9-3-2-4-10(7-9)12-11(8-16)15-5-6-17-13(15)14-12/h2-8H,1H3. The lowest BCUT2D eigenvalue weighted by Gasteiger charge is -1.99. The number of fused-ring (bicyclic) bond motifs is 1. The summed E-state index contributed by atoms with van der Waals surface area (Å²) < 4.78 is 1.83. The van der Waals surface area contributed by atoms with Gasteiger partial charge in [-0.25, -0.2) is 4.98 Å². The Morgan fingerprint density at radius 3 is 3.06 bits per heavy atom. The van der Waals surface area contributed by atoms with E-state index in [9.17, 15) is 4.79 Å². The average molecular weight is 242 g/mol. The van der Waals surface area contributed by atoms with Crippen LogP contribution in [0.15, 0.2) is 35.8 Å². The Morgan fingerprint density at radius 1 is 1.41 bits per heavy atom. The van der Waals surface area contributed by atoms with Crippen LogP contribution in [0.5, 0.6) is 0 Å². The van der Waals surface area contributed by atoms with Crippen LogP contribution in [-0.2, 0) is 0 Å². The van der Waals surface area contributed by atoms with Gasteiger partial charge in [-0.15, -0.1) is 11.3 Å². The lowest BCUT2D eigenvalue weighted by Crippen LogP contribution is -1.90. The van der Waals surface area contributed by atoms with E-state index in [1.54, 1.807) is 0 Å². The predicted molar refractivity (Wildman–Crippen MR) is 68.6 cm³/mol. The Bertz CT molecular complexity index is 696. The number of nitrogens with zero attached hydrogens (tertiary/aromatic N) is 2. The molecule has 0 amide bonds. The molecule has 2 heterocycles. The monoisotopic (exact) mass is 242 g/mol. The highest BCUT2D eigenvalue weighted by atomic mass is 32.1. The quantitative estimate of drug-likeness (QED) is 0.647. The van der Waals surface area contributed by atoms with Crippen LogP contribution in [-0.4, -0.2) is 15.7 Å². The summed E-state index contributed by atoms with van der Waals surface area (Å²) in [4.78, 5) is 16.6. The van der Waals surface area contributed by atoms with Crippen molar-refractivity contribution >= 4 is 22.6 Å². The number of aldehydes is 1. The van der Waals surface area contributed by atoms with E-state index in [2.05, 4.69) is 4.98 Å². The lowest BCUT2D eigenvalue weighted by molar-refractivity contribution is 0.111. The van der Waals surface area contributed by atoms with Gasteiger partial charge in [0.15, 0.2) is 11.2 Å². The topological polar surface area (TPSA) is 34.4 Å². The number of aryl methyl sites for hydroxylation is 1. The first-order valence-electron chi connectivity index (χ1n) is 5.27. The molecule has 17 heavy (non-hydrogen) atoms. The van der Waals surface area contributed by atoms with E-state index in [1.165, 1.54) is 11.3 Å². The first kappa shape index (κ1) is 10.2. The van der Waals surface area contributed by atoms with Gasteiger partial charge in [-0.1, -0.05) is 23.8 Å². The molecular weight excluding hydrogens is 232 g/mol. The minimum Gasteiger partial charge on any atom is -0.296 e. The van der Waals surface area contributed by atoms with Crippen molar-refractivity contribution in [2.45, 2.75) is 6.92 Å². The van der Waals surface area contributed by atoms with Gasteiger partial charge >= 0.3 is 0 Å². The van der Waals surface area contributed by atoms with Crippen molar-refractivity contribution < 1.29 is 4.79 Å². The zero-order valence-corrected chi connectivity index (χ0v) is 10.1. The van der Waals surface area contributed by atoms with Crippen LogP contribution in [0.25, 0.3) is 16.2 Å². The van der Waals surface area contributed by atoms with Gasteiger partial charge in [0.1, 0.15) is 11.4 Å². The van der Waals surface area contributed by atoms with Crippen LogP contribution in [0, 0.1) is 6.92 Å². The lowest BCUT2D eigenvalue weighted by atomic mass is 10.1. The smallest absolute Gasteiger partial charge is 0.194 e. The molecule has 0 fully saturated rings. The molecule has 0 saturated carbocycles. The van der Waals surface area contributed by atoms with Crippen molar-refractivity contribution in [1.82, 2.24) is 9.38 Å². The zero-order valence-electron chi connectivity index (χ0n) is 9.25. The van der Waals surface area contributed by atoms with Crippen LogP contribution in [0.4, 0.5) is 0 Å². The molecule has 0 unspecified atom stereocenters. The molecule has 1 aromatic carbocycles. The fourth-order valence-electron chi connectivity index (χ4n) is 1.92. The maximum atomic E-state index is 11.2. The number of carbonyl (C=O) groups is 1. The van der Waals surface area contributed by atoms with E-state index in [4.69, 9.17) is 0 Å². The number of thiazole rings is 1. The maximum absolute atomic E-state index is 11.2. The van der Waals surface area contributed by atoms with Crippen LogP contribution in [0.2, 0.25) is 0 Å². The highest BCUT2D eigenvalue weighted by molar-refractivity contribution is 7.15. The third-order valence-electron chi connectivity index (χ3n) is 2.70. The van der Waals surface area contributed by atoms with Gasteiger partial charge in [0.25, 0.3) is 0 Å². The molecule has 0 atom stereocenters. The number of imidazole rings is 1. The second kappa shape index (κ2) is 3.82. The van der Waals surface area contributed by atoms with Crippen LogP contribution >= 0.6 is 11.3 Å². The molecule has 0 aliphatic rings. The van der Waals surface area contributed by atoms with Gasteiger partial charge in [0, 0.05) is 17.1 Å². The van der Waals surface area contributed by atoms with Crippen molar-refractivity contribution in [2.75, 3.05) is 0 Å². The predicted octanol–water partition coefficient (Wildman–Crippen LogP) is 3.18. The molecule has 2 aromatic heterocycles. The summed E-state index contributed by atoms with van der Waals surface area (Å²) in [5.41, 5.74) is 3.53. The molecule has 0 bridgehead atoms. The van der Waals surface area contributed by atoms with E-state index < -0.39 is 0 Å². The molecule has 3 rings (SSSR count). The van der Waals surface area contributed by atoms with E-state index in [0.717, 1.165) is 28.1 Å². The summed E-state index contributed by atoms with van der Waals surface area (Å²) in [5, 5.41) is 1.93. The number of hydrogen-bond acceptors (Lipinski definition) is 3. The molecule has 84 valence electrons. The molecule has 3 nitrogen and oxygen atoms in total. The summed E-state index contributed by atoms with van der Waals surface area (Å²) in [7, 11) is 0. The Hall–Kier alpha value is -1.94. The number of carbonyl (C=O) groups excluding carboxylic acids is 1. The summed E-state index contributed by atoms with van der Waals surface area (Å²) in [5.74, 6) is 0. The fourth-order valence-corrected chi connectivity index (χ4v) is 2.64. The molecule has 0 aliphatic carbocycles. The van der Waals surface area contributed by atoms with Gasteiger partial charge < -0.3 is 0 Å². The SMILES string of the molecule is Cc1cccc(-c2nc3sccn3c2C=O)c1. The third kappa shape index (κ3) is 1.57. The Kier molecular flexibility index (Phi) is 2.30. The second-order valence-electron chi connectivity index (χ2n) is 3.89. The average Bonchev–Trinajstić information content (AvgIpc) is 2.88. The first-order chi connectivity index (χ1) is 8.29. The van der Waals surface area contributed by atoms with Gasteiger partial charge in [-0.3, -0.25) is 9.20 Å². The minimum absolute atomic E-state index is 0.617. The van der Waals surface area contributed by atoms with Gasteiger partial charge in [0.2, 0.25) is 0 Å². The van der Waals surface area contributed by atoms with E-state index in [1.807, 2.05) is 47.2 Å². The van der Waals surface area contributed by atoms with E-state index in [0.29, 0.717) is 5.69 Å². The maximum Gasteiger partial charge on any atom is 0.194 e.